The molecule has 1 aliphatic rings. The quantitative estimate of drug-likeness (QED) is 0.596. The van der Waals surface area contributed by atoms with E-state index in [9.17, 15) is 14.9 Å². The van der Waals surface area contributed by atoms with E-state index < -0.39 is 4.92 Å². The minimum Gasteiger partial charge on any atom is -0.324 e. The van der Waals surface area contributed by atoms with E-state index in [0.29, 0.717) is 11.7 Å². The number of nitro benzene ring substituents is 1. The van der Waals surface area contributed by atoms with Gasteiger partial charge in [0.25, 0.3) is 5.69 Å². The van der Waals surface area contributed by atoms with E-state index in [1.165, 1.54) is 23.8 Å². The van der Waals surface area contributed by atoms with Crippen molar-refractivity contribution in [1.82, 2.24) is 4.90 Å². The van der Waals surface area contributed by atoms with Gasteiger partial charge in [0, 0.05) is 24.7 Å². The van der Waals surface area contributed by atoms with Gasteiger partial charge in [0.1, 0.15) is 0 Å². The number of hydrogen-bond donors (Lipinski definition) is 1. The van der Waals surface area contributed by atoms with Crippen molar-refractivity contribution in [3.63, 3.8) is 0 Å². The Morgan fingerprint density at radius 3 is 2.79 bits per heavy atom. The summed E-state index contributed by atoms with van der Waals surface area (Å²) >= 11 is 7.65. The highest BCUT2D eigenvalue weighted by Crippen LogP contribution is 2.29. The van der Waals surface area contributed by atoms with E-state index in [2.05, 4.69) is 21.7 Å². The first-order chi connectivity index (χ1) is 11.5. The fourth-order valence-corrected chi connectivity index (χ4v) is 3.35. The number of thiophene rings is 1. The lowest BCUT2D eigenvalue weighted by Crippen LogP contribution is -2.34. The monoisotopic (exact) mass is 365 g/mol. The van der Waals surface area contributed by atoms with Gasteiger partial charge < -0.3 is 5.32 Å². The van der Waals surface area contributed by atoms with Crippen molar-refractivity contribution in [3.05, 3.63) is 55.7 Å². The van der Waals surface area contributed by atoms with Crippen LogP contribution >= 0.6 is 22.9 Å². The maximum atomic E-state index is 12.3. The molecule has 1 aromatic heterocycles. The standard InChI is InChI=1S/C16H16ClN3O3S/c17-14-7-13(20(22)23)3-4-15(14)18-16(21)9-19(12-1-2-12)8-11-5-6-24-10-11/h3-7,10,12H,1-2,8-9H2,(H,18,21). The van der Waals surface area contributed by atoms with Crippen molar-refractivity contribution >= 4 is 40.2 Å². The molecular formula is C16H16ClN3O3S. The summed E-state index contributed by atoms with van der Waals surface area (Å²) in [4.78, 5) is 24.7. The van der Waals surface area contributed by atoms with E-state index in [4.69, 9.17) is 11.6 Å². The Morgan fingerprint density at radius 2 is 2.21 bits per heavy atom. The molecule has 126 valence electrons. The third kappa shape index (κ3) is 4.31. The molecule has 1 N–H and O–H groups in total. The molecule has 2 aromatic rings. The molecule has 6 nitrogen and oxygen atoms in total. The summed E-state index contributed by atoms with van der Waals surface area (Å²) < 4.78 is 0. The molecular weight excluding hydrogens is 350 g/mol. The molecule has 0 bridgehead atoms. The van der Waals surface area contributed by atoms with E-state index in [1.807, 2.05) is 5.38 Å². The van der Waals surface area contributed by atoms with Crippen molar-refractivity contribution in [1.29, 1.82) is 0 Å². The van der Waals surface area contributed by atoms with Crippen molar-refractivity contribution in [2.75, 3.05) is 11.9 Å². The topological polar surface area (TPSA) is 75.5 Å². The average Bonchev–Trinajstić information content (AvgIpc) is 3.26. The maximum absolute atomic E-state index is 12.3. The summed E-state index contributed by atoms with van der Waals surface area (Å²) in [5, 5.41) is 17.7. The normalized spacial score (nSPS) is 13.9. The largest absolute Gasteiger partial charge is 0.324 e. The van der Waals surface area contributed by atoms with Gasteiger partial charge in [-0.2, -0.15) is 11.3 Å². The lowest BCUT2D eigenvalue weighted by atomic mass is 10.2. The van der Waals surface area contributed by atoms with Gasteiger partial charge in [0.15, 0.2) is 0 Å². The van der Waals surface area contributed by atoms with Crippen LogP contribution in [0.4, 0.5) is 11.4 Å². The fourth-order valence-electron chi connectivity index (χ4n) is 2.46. The first-order valence-electron chi connectivity index (χ1n) is 7.52. The third-order valence-corrected chi connectivity index (χ3v) is 4.86. The van der Waals surface area contributed by atoms with Crippen LogP contribution in [0.1, 0.15) is 18.4 Å². The molecule has 0 spiro atoms. The van der Waals surface area contributed by atoms with Crippen LogP contribution in [0.3, 0.4) is 0 Å². The van der Waals surface area contributed by atoms with Crippen LogP contribution in [0.2, 0.25) is 5.02 Å². The fraction of sp³-hybridized carbons (Fsp3) is 0.312. The molecule has 0 unspecified atom stereocenters. The molecule has 0 aliphatic heterocycles. The minimum atomic E-state index is -0.521. The average molecular weight is 366 g/mol. The van der Waals surface area contributed by atoms with Gasteiger partial charge in [-0.1, -0.05) is 11.6 Å². The van der Waals surface area contributed by atoms with Crippen molar-refractivity contribution < 1.29 is 9.72 Å². The Bertz CT molecular complexity index is 747. The minimum absolute atomic E-state index is 0.102. The molecule has 1 fully saturated rings. The number of carbonyl (C=O) groups excluding carboxylic acids is 1. The highest BCUT2D eigenvalue weighted by molar-refractivity contribution is 7.07. The predicted molar refractivity (Wildman–Crippen MR) is 94.5 cm³/mol. The summed E-state index contributed by atoms with van der Waals surface area (Å²) in [6, 6.07) is 6.53. The zero-order chi connectivity index (χ0) is 17.1. The predicted octanol–water partition coefficient (Wildman–Crippen LogP) is 3.91. The number of nitrogens with one attached hydrogen (secondary N) is 1. The molecule has 0 atom stereocenters. The van der Waals surface area contributed by atoms with Crippen LogP contribution < -0.4 is 5.32 Å². The number of non-ortho nitro benzene ring substituents is 1. The second kappa shape index (κ2) is 7.29. The number of hydrogen-bond acceptors (Lipinski definition) is 5. The Kier molecular flexibility index (Phi) is 5.13. The molecule has 1 saturated carbocycles. The van der Waals surface area contributed by atoms with Gasteiger partial charge in [-0.15, -0.1) is 0 Å². The van der Waals surface area contributed by atoms with E-state index >= 15 is 0 Å². The molecule has 3 rings (SSSR count). The first kappa shape index (κ1) is 16.9. The number of nitrogens with zero attached hydrogens (tertiary/aromatic N) is 2. The maximum Gasteiger partial charge on any atom is 0.271 e. The van der Waals surface area contributed by atoms with E-state index in [0.717, 1.165) is 19.4 Å². The van der Waals surface area contributed by atoms with Crippen LogP contribution in [-0.2, 0) is 11.3 Å². The van der Waals surface area contributed by atoms with Gasteiger partial charge >= 0.3 is 0 Å². The summed E-state index contributed by atoms with van der Waals surface area (Å²) in [5.74, 6) is -0.173. The van der Waals surface area contributed by atoms with Crippen molar-refractivity contribution in [3.8, 4) is 0 Å². The molecule has 1 aliphatic carbocycles. The van der Waals surface area contributed by atoms with Gasteiger partial charge in [-0.05, 0) is 41.3 Å². The number of anilines is 1. The SMILES string of the molecule is O=C(CN(Cc1ccsc1)C1CC1)Nc1ccc([N+](=O)[O-])cc1Cl. The summed E-state index contributed by atoms with van der Waals surface area (Å²) in [5.41, 5.74) is 1.49. The Hall–Kier alpha value is -1.96. The van der Waals surface area contributed by atoms with Crippen LogP contribution in [0.15, 0.2) is 35.0 Å². The molecule has 1 aromatic carbocycles. The van der Waals surface area contributed by atoms with Gasteiger partial charge in [-0.3, -0.25) is 19.8 Å². The number of halogens is 1. The molecule has 0 saturated heterocycles. The van der Waals surface area contributed by atoms with Crippen molar-refractivity contribution in [2.24, 2.45) is 0 Å². The summed E-state index contributed by atoms with van der Waals surface area (Å²) in [6.07, 6.45) is 2.21. The zero-order valence-electron chi connectivity index (χ0n) is 12.8. The molecule has 8 heteroatoms. The summed E-state index contributed by atoms with van der Waals surface area (Å²) in [6.45, 7) is 1.02. The van der Waals surface area contributed by atoms with Gasteiger partial charge in [0.2, 0.25) is 5.91 Å². The third-order valence-electron chi connectivity index (χ3n) is 3.81. The second-order valence-electron chi connectivity index (χ2n) is 5.74. The van der Waals surface area contributed by atoms with E-state index in [-0.39, 0.29) is 23.2 Å². The zero-order valence-corrected chi connectivity index (χ0v) is 14.3. The highest BCUT2D eigenvalue weighted by Gasteiger charge is 2.30. The Labute approximate surface area is 148 Å². The van der Waals surface area contributed by atoms with Crippen molar-refractivity contribution in [2.45, 2.75) is 25.4 Å². The number of nitro groups is 1. The number of rotatable bonds is 7. The number of amides is 1. The first-order valence-corrected chi connectivity index (χ1v) is 8.84. The lowest BCUT2D eigenvalue weighted by Gasteiger charge is -2.21. The molecule has 24 heavy (non-hydrogen) atoms. The smallest absolute Gasteiger partial charge is 0.271 e. The number of carbonyl (C=O) groups is 1. The van der Waals surface area contributed by atoms with Gasteiger partial charge in [0.05, 0.1) is 22.2 Å². The molecule has 1 amide bonds. The lowest BCUT2D eigenvalue weighted by molar-refractivity contribution is -0.384. The molecule has 1 heterocycles. The summed E-state index contributed by atoms with van der Waals surface area (Å²) in [7, 11) is 0. The number of benzene rings is 1. The molecule has 0 radical (unpaired) electrons. The van der Waals surface area contributed by atoms with Crippen LogP contribution in [0.25, 0.3) is 0 Å². The van der Waals surface area contributed by atoms with Gasteiger partial charge in [-0.25, -0.2) is 0 Å². The van der Waals surface area contributed by atoms with Crippen LogP contribution in [0, 0.1) is 10.1 Å². The van der Waals surface area contributed by atoms with Crippen LogP contribution in [-0.4, -0.2) is 28.3 Å². The highest BCUT2D eigenvalue weighted by atomic mass is 35.5. The van der Waals surface area contributed by atoms with Crippen LogP contribution in [0.5, 0.6) is 0 Å². The Morgan fingerprint density at radius 1 is 1.42 bits per heavy atom. The second-order valence-corrected chi connectivity index (χ2v) is 6.92. The Balaban J connectivity index is 1.62. The van der Waals surface area contributed by atoms with E-state index in [1.54, 1.807) is 11.3 Å².